The minimum absolute atomic E-state index is 0. The van der Waals surface area contributed by atoms with Gasteiger partial charge in [-0.15, -0.1) is 25.6 Å². The maximum Gasteiger partial charge on any atom is 0.573 e. The molecule has 130 valence electrons. The molecule has 2 N–H and O–H groups in total. The highest BCUT2D eigenvalue weighted by atomic mass is 35.5. The molecule has 8 heteroatoms. The molecule has 1 aliphatic heterocycles. The predicted molar refractivity (Wildman–Crippen MR) is 82.7 cm³/mol. The first-order chi connectivity index (χ1) is 10.4. The van der Waals surface area contributed by atoms with E-state index in [-0.39, 0.29) is 24.1 Å². The van der Waals surface area contributed by atoms with E-state index in [0.717, 1.165) is 24.9 Å². The van der Waals surface area contributed by atoms with E-state index in [1.54, 1.807) is 0 Å². The Morgan fingerprint density at radius 3 is 2.57 bits per heavy atom. The van der Waals surface area contributed by atoms with E-state index in [1.165, 1.54) is 24.3 Å². The number of carbonyl (C=O) groups excluding carboxylic acids is 1. The predicted octanol–water partition coefficient (Wildman–Crippen LogP) is 2.81. The molecule has 0 saturated carbocycles. The number of carbonyl (C=O) groups is 1. The van der Waals surface area contributed by atoms with Crippen LogP contribution in [0.4, 0.5) is 13.2 Å². The molecule has 23 heavy (non-hydrogen) atoms. The largest absolute Gasteiger partial charge is 0.573 e. The van der Waals surface area contributed by atoms with E-state index in [4.69, 9.17) is 0 Å². The number of halogens is 4. The topological polar surface area (TPSA) is 50.4 Å². The van der Waals surface area contributed by atoms with Crippen molar-refractivity contribution >= 4 is 18.3 Å². The van der Waals surface area contributed by atoms with Gasteiger partial charge in [-0.1, -0.05) is 12.1 Å². The molecule has 0 aliphatic carbocycles. The maximum absolute atomic E-state index is 12.0. The molecule has 1 fully saturated rings. The summed E-state index contributed by atoms with van der Waals surface area (Å²) in [6.07, 6.45) is -1.69. The van der Waals surface area contributed by atoms with Crippen molar-refractivity contribution < 1.29 is 22.7 Å². The molecule has 0 spiro atoms. The average molecular weight is 353 g/mol. The first-order valence-corrected chi connectivity index (χ1v) is 7.27. The summed E-state index contributed by atoms with van der Waals surface area (Å²) in [6.45, 7) is 1.62. The summed E-state index contributed by atoms with van der Waals surface area (Å²) in [6, 6.07) is 5.93. The Balaban J connectivity index is 0.00000264. The van der Waals surface area contributed by atoms with Gasteiger partial charge in [0.2, 0.25) is 5.91 Å². The van der Waals surface area contributed by atoms with Gasteiger partial charge in [-0.25, -0.2) is 0 Å². The van der Waals surface area contributed by atoms with E-state index < -0.39 is 6.36 Å². The lowest BCUT2D eigenvalue weighted by Crippen LogP contribution is -2.37. The van der Waals surface area contributed by atoms with Crippen LogP contribution in [0.1, 0.15) is 24.8 Å². The monoisotopic (exact) mass is 352 g/mol. The maximum atomic E-state index is 12.0. The van der Waals surface area contributed by atoms with Gasteiger partial charge in [-0.05, 0) is 43.5 Å². The van der Waals surface area contributed by atoms with E-state index in [2.05, 4.69) is 15.4 Å². The molecule has 4 nitrogen and oxygen atoms in total. The van der Waals surface area contributed by atoms with Crippen LogP contribution in [0.3, 0.4) is 0 Å². The summed E-state index contributed by atoms with van der Waals surface area (Å²) in [7, 11) is 0. The summed E-state index contributed by atoms with van der Waals surface area (Å²) in [5, 5.41) is 6.15. The van der Waals surface area contributed by atoms with Crippen molar-refractivity contribution in [1.29, 1.82) is 0 Å². The first-order valence-electron chi connectivity index (χ1n) is 7.27. The number of hydrogen-bond acceptors (Lipinski definition) is 3. The van der Waals surface area contributed by atoms with Crippen molar-refractivity contribution in [2.75, 3.05) is 13.1 Å². The van der Waals surface area contributed by atoms with Crippen LogP contribution < -0.4 is 15.4 Å². The molecule has 0 radical (unpaired) electrons. The first kappa shape index (κ1) is 19.6. The Morgan fingerprint density at radius 1 is 1.30 bits per heavy atom. The Hall–Kier alpha value is -1.47. The van der Waals surface area contributed by atoms with Crippen molar-refractivity contribution in [3.8, 4) is 5.75 Å². The van der Waals surface area contributed by atoms with Gasteiger partial charge in [-0.3, -0.25) is 4.79 Å². The lowest BCUT2D eigenvalue weighted by molar-refractivity contribution is -0.274. The van der Waals surface area contributed by atoms with Gasteiger partial charge in [0.05, 0.1) is 0 Å². The Kier molecular flexibility index (Phi) is 7.64. The van der Waals surface area contributed by atoms with E-state index in [1.807, 2.05) is 0 Å². The fourth-order valence-electron chi connectivity index (χ4n) is 2.37. The number of nitrogens with one attached hydrogen (secondary N) is 2. The van der Waals surface area contributed by atoms with Crippen LogP contribution in [0.5, 0.6) is 5.75 Å². The van der Waals surface area contributed by atoms with Crippen LogP contribution in [0, 0.1) is 0 Å². The smallest absolute Gasteiger partial charge is 0.406 e. The minimum Gasteiger partial charge on any atom is -0.406 e. The number of ether oxygens (including phenoxy) is 1. The van der Waals surface area contributed by atoms with Crippen molar-refractivity contribution in [2.24, 2.45) is 0 Å². The molecular weight excluding hydrogens is 333 g/mol. The van der Waals surface area contributed by atoms with Gasteiger partial charge in [0.1, 0.15) is 5.75 Å². The number of rotatable bonds is 6. The fraction of sp³-hybridized carbons (Fsp3) is 0.533. The van der Waals surface area contributed by atoms with Crippen molar-refractivity contribution in [1.82, 2.24) is 10.6 Å². The number of amides is 1. The van der Waals surface area contributed by atoms with Crippen molar-refractivity contribution in [3.05, 3.63) is 29.8 Å². The van der Waals surface area contributed by atoms with Gasteiger partial charge in [0.25, 0.3) is 0 Å². The van der Waals surface area contributed by atoms with Gasteiger partial charge < -0.3 is 15.4 Å². The van der Waals surface area contributed by atoms with Gasteiger partial charge in [-0.2, -0.15) is 0 Å². The fourth-order valence-corrected chi connectivity index (χ4v) is 2.37. The normalized spacial score (nSPS) is 17.4. The molecule has 2 rings (SSSR count). The average Bonchev–Trinajstić information content (AvgIpc) is 2.96. The van der Waals surface area contributed by atoms with Crippen LogP contribution in [0.2, 0.25) is 0 Å². The number of alkyl halides is 3. The van der Waals surface area contributed by atoms with E-state index >= 15 is 0 Å². The van der Waals surface area contributed by atoms with Crippen LogP contribution in [-0.2, 0) is 11.2 Å². The highest BCUT2D eigenvalue weighted by Gasteiger charge is 2.30. The van der Waals surface area contributed by atoms with Crippen LogP contribution >= 0.6 is 12.4 Å². The molecule has 1 unspecified atom stereocenters. The van der Waals surface area contributed by atoms with E-state index in [9.17, 15) is 18.0 Å². The second kappa shape index (κ2) is 8.98. The van der Waals surface area contributed by atoms with Gasteiger partial charge in [0.15, 0.2) is 0 Å². The molecule has 1 saturated heterocycles. The standard InChI is InChI=1S/C15H19F3N2O2.ClH/c16-15(17,18)22-13-6-3-11(4-7-13)5-8-14(21)20-10-12-2-1-9-19-12;/h3-4,6-7,12,19H,1-2,5,8-10H2,(H,20,21);1H. The zero-order chi connectivity index (χ0) is 16.0. The van der Waals surface area contributed by atoms with E-state index in [0.29, 0.717) is 25.4 Å². The van der Waals surface area contributed by atoms with Crippen LogP contribution in [0.15, 0.2) is 24.3 Å². The third-order valence-corrected chi connectivity index (χ3v) is 3.51. The van der Waals surface area contributed by atoms with Gasteiger partial charge in [0, 0.05) is 19.0 Å². The van der Waals surface area contributed by atoms with Gasteiger partial charge >= 0.3 is 6.36 Å². The SMILES string of the molecule is Cl.O=C(CCc1ccc(OC(F)(F)F)cc1)NCC1CCCN1. The molecule has 1 aliphatic rings. The van der Waals surface area contributed by atoms with Crippen molar-refractivity contribution in [2.45, 2.75) is 38.1 Å². The second-order valence-electron chi connectivity index (χ2n) is 5.29. The summed E-state index contributed by atoms with van der Waals surface area (Å²) in [4.78, 5) is 11.7. The lowest BCUT2D eigenvalue weighted by Gasteiger charge is -2.11. The Bertz CT molecular complexity index is 488. The Morgan fingerprint density at radius 2 is 2.00 bits per heavy atom. The quantitative estimate of drug-likeness (QED) is 0.827. The molecule has 1 aromatic carbocycles. The molecule has 0 aromatic heterocycles. The third kappa shape index (κ3) is 7.56. The zero-order valence-electron chi connectivity index (χ0n) is 12.5. The second-order valence-corrected chi connectivity index (χ2v) is 5.29. The highest BCUT2D eigenvalue weighted by Crippen LogP contribution is 2.22. The molecule has 1 amide bonds. The molecule has 1 heterocycles. The third-order valence-electron chi connectivity index (χ3n) is 3.51. The Labute approximate surface area is 139 Å². The number of aryl methyl sites for hydroxylation is 1. The molecular formula is C15H20ClF3N2O2. The lowest BCUT2D eigenvalue weighted by atomic mass is 10.1. The van der Waals surface area contributed by atoms with Crippen LogP contribution in [-0.4, -0.2) is 31.4 Å². The molecule has 1 atom stereocenters. The number of hydrogen-bond donors (Lipinski definition) is 2. The number of benzene rings is 1. The highest BCUT2D eigenvalue weighted by molar-refractivity contribution is 5.85. The summed E-state index contributed by atoms with van der Waals surface area (Å²) >= 11 is 0. The molecule has 0 bridgehead atoms. The van der Waals surface area contributed by atoms with Crippen LogP contribution in [0.25, 0.3) is 0 Å². The van der Waals surface area contributed by atoms with Crippen molar-refractivity contribution in [3.63, 3.8) is 0 Å². The zero-order valence-corrected chi connectivity index (χ0v) is 13.3. The summed E-state index contributed by atoms with van der Waals surface area (Å²) in [5.41, 5.74) is 0.795. The summed E-state index contributed by atoms with van der Waals surface area (Å²) < 4.78 is 39.9. The summed E-state index contributed by atoms with van der Waals surface area (Å²) in [5.74, 6) is -0.308. The molecule has 1 aromatic rings. The minimum atomic E-state index is -4.68.